The largest absolute Gasteiger partial charge is 0.465 e. The van der Waals surface area contributed by atoms with Gasteiger partial charge in [0.15, 0.2) is 0 Å². The SMILES string of the molecule is CCOC(=O)C(C)(CCN1CC2CCC1C2)NC1CC1. The van der Waals surface area contributed by atoms with Crippen LogP contribution in [-0.2, 0) is 9.53 Å². The molecule has 2 bridgehead atoms. The molecule has 3 fully saturated rings. The van der Waals surface area contributed by atoms with E-state index in [1.165, 1.54) is 38.6 Å². The van der Waals surface area contributed by atoms with Gasteiger partial charge < -0.3 is 9.64 Å². The van der Waals surface area contributed by atoms with Gasteiger partial charge in [-0.05, 0) is 58.3 Å². The number of fused-ring (bicyclic) bond motifs is 2. The van der Waals surface area contributed by atoms with E-state index in [-0.39, 0.29) is 5.97 Å². The summed E-state index contributed by atoms with van der Waals surface area (Å²) in [6, 6.07) is 1.31. The molecule has 3 rings (SSSR count). The van der Waals surface area contributed by atoms with E-state index < -0.39 is 5.54 Å². The fourth-order valence-electron chi connectivity index (χ4n) is 3.87. The van der Waals surface area contributed by atoms with Crippen LogP contribution in [0.5, 0.6) is 0 Å². The molecular weight excluding hydrogens is 252 g/mol. The number of likely N-dealkylation sites (tertiary alicyclic amines) is 1. The van der Waals surface area contributed by atoms with Crippen molar-refractivity contribution >= 4 is 5.97 Å². The zero-order valence-corrected chi connectivity index (χ0v) is 12.9. The number of hydrogen-bond acceptors (Lipinski definition) is 4. The molecule has 1 N–H and O–H groups in total. The van der Waals surface area contributed by atoms with Crippen molar-refractivity contribution in [3.8, 4) is 0 Å². The highest BCUT2D eigenvalue weighted by atomic mass is 16.5. The van der Waals surface area contributed by atoms with Gasteiger partial charge in [0.1, 0.15) is 5.54 Å². The lowest BCUT2D eigenvalue weighted by molar-refractivity contribution is -0.151. The molecule has 0 spiro atoms. The summed E-state index contributed by atoms with van der Waals surface area (Å²) >= 11 is 0. The summed E-state index contributed by atoms with van der Waals surface area (Å²) in [6.45, 7) is 6.64. The summed E-state index contributed by atoms with van der Waals surface area (Å²) in [4.78, 5) is 14.9. The van der Waals surface area contributed by atoms with E-state index in [9.17, 15) is 4.79 Å². The van der Waals surface area contributed by atoms with Crippen LogP contribution in [0.25, 0.3) is 0 Å². The standard InChI is InChI=1S/C16H28N2O2/c1-3-20-15(19)16(2,17-13-5-6-13)8-9-18-11-12-4-7-14(18)10-12/h12-14,17H,3-11H2,1-2H3. The summed E-state index contributed by atoms with van der Waals surface area (Å²) in [5, 5.41) is 3.52. The monoisotopic (exact) mass is 280 g/mol. The van der Waals surface area contributed by atoms with Gasteiger partial charge in [-0.15, -0.1) is 0 Å². The van der Waals surface area contributed by atoms with Gasteiger partial charge in [0.05, 0.1) is 6.61 Å². The van der Waals surface area contributed by atoms with E-state index in [0.717, 1.165) is 24.9 Å². The first kappa shape index (κ1) is 14.3. The molecule has 2 saturated carbocycles. The first-order valence-corrected chi connectivity index (χ1v) is 8.29. The lowest BCUT2D eigenvalue weighted by atomic mass is 9.96. The summed E-state index contributed by atoms with van der Waals surface area (Å²) in [7, 11) is 0. The molecule has 1 aliphatic heterocycles. The first-order chi connectivity index (χ1) is 9.60. The van der Waals surface area contributed by atoms with E-state index in [0.29, 0.717) is 12.6 Å². The molecule has 3 aliphatic rings. The Kier molecular flexibility index (Phi) is 4.04. The summed E-state index contributed by atoms with van der Waals surface area (Å²) in [5.41, 5.74) is -0.501. The molecule has 20 heavy (non-hydrogen) atoms. The average Bonchev–Trinajstić information content (AvgIpc) is 2.99. The quantitative estimate of drug-likeness (QED) is 0.724. The van der Waals surface area contributed by atoms with Crippen LogP contribution < -0.4 is 5.32 Å². The fourth-order valence-corrected chi connectivity index (χ4v) is 3.87. The van der Waals surface area contributed by atoms with Crippen LogP contribution in [0.2, 0.25) is 0 Å². The number of carbonyl (C=O) groups is 1. The van der Waals surface area contributed by atoms with Crippen molar-refractivity contribution in [3.05, 3.63) is 0 Å². The van der Waals surface area contributed by atoms with Crippen LogP contribution >= 0.6 is 0 Å². The Balaban J connectivity index is 1.56. The van der Waals surface area contributed by atoms with Gasteiger partial charge in [-0.3, -0.25) is 10.1 Å². The molecule has 0 aromatic rings. The fraction of sp³-hybridized carbons (Fsp3) is 0.938. The van der Waals surface area contributed by atoms with Gasteiger partial charge >= 0.3 is 5.97 Å². The first-order valence-electron chi connectivity index (χ1n) is 8.29. The highest BCUT2D eigenvalue weighted by Crippen LogP contribution is 2.37. The maximum Gasteiger partial charge on any atom is 0.326 e. The van der Waals surface area contributed by atoms with Crippen molar-refractivity contribution in [3.63, 3.8) is 0 Å². The number of piperidine rings is 1. The van der Waals surface area contributed by atoms with E-state index in [1.807, 2.05) is 13.8 Å². The zero-order valence-electron chi connectivity index (χ0n) is 12.9. The molecule has 3 atom stereocenters. The Labute approximate surface area is 122 Å². The number of nitrogens with zero attached hydrogens (tertiary/aromatic N) is 1. The second-order valence-corrected chi connectivity index (χ2v) is 7.05. The van der Waals surface area contributed by atoms with Gasteiger partial charge in [0.2, 0.25) is 0 Å². The van der Waals surface area contributed by atoms with Crippen LogP contribution in [-0.4, -0.2) is 48.2 Å². The highest BCUT2D eigenvalue weighted by Gasteiger charge is 2.42. The molecule has 114 valence electrons. The highest BCUT2D eigenvalue weighted by molar-refractivity contribution is 5.80. The van der Waals surface area contributed by atoms with Crippen LogP contribution in [0.4, 0.5) is 0 Å². The normalized spacial score (nSPS) is 32.3. The number of esters is 1. The Morgan fingerprint density at radius 1 is 1.35 bits per heavy atom. The minimum atomic E-state index is -0.501. The van der Waals surface area contributed by atoms with E-state index in [2.05, 4.69) is 10.2 Å². The lowest BCUT2D eigenvalue weighted by Crippen LogP contribution is -2.53. The third-order valence-corrected chi connectivity index (χ3v) is 5.25. The van der Waals surface area contributed by atoms with Gasteiger partial charge in [-0.25, -0.2) is 0 Å². The van der Waals surface area contributed by atoms with Crippen LogP contribution in [0.1, 0.15) is 52.4 Å². The number of carbonyl (C=O) groups excluding carboxylic acids is 1. The molecule has 0 aromatic heterocycles. The minimum Gasteiger partial charge on any atom is -0.465 e. The number of hydrogen-bond donors (Lipinski definition) is 1. The van der Waals surface area contributed by atoms with E-state index in [4.69, 9.17) is 4.74 Å². The number of nitrogens with one attached hydrogen (secondary N) is 1. The third kappa shape index (κ3) is 3.01. The Hall–Kier alpha value is -0.610. The molecule has 0 amide bonds. The lowest BCUT2D eigenvalue weighted by Gasteiger charge is -2.33. The van der Waals surface area contributed by atoms with Crippen molar-refractivity contribution in [1.82, 2.24) is 10.2 Å². The zero-order chi connectivity index (χ0) is 14.2. The Morgan fingerprint density at radius 3 is 2.70 bits per heavy atom. The molecule has 1 saturated heterocycles. The summed E-state index contributed by atoms with van der Waals surface area (Å²) < 4.78 is 5.29. The second-order valence-electron chi connectivity index (χ2n) is 7.05. The molecular formula is C16H28N2O2. The predicted octanol–water partition coefficient (Wildman–Crippen LogP) is 1.93. The Morgan fingerprint density at radius 2 is 2.15 bits per heavy atom. The molecule has 1 heterocycles. The molecule has 0 aromatic carbocycles. The average molecular weight is 280 g/mol. The number of ether oxygens (including phenoxy) is 1. The molecule has 3 unspecified atom stereocenters. The van der Waals surface area contributed by atoms with Gasteiger partial charge in [-0.1, -0.05) is 0 Å². The maximum absolute atomic E-state index is 12.3. The van der Waals surface area contributed by atoms with Crippen molar-refractivity contribution in [2.45, 2.75) is 70.0 Å². The van der Waals surface area contributed by atoms with Crippen LogP contribution in [0.3, 0.4) is 0 Å². The maximum atomic E-state index is 12.3. The van der Waals surface area contributed by atoms with E-state index >= 15 is 0 Å². The second kappa shape index (κ2) is 5.64. The molecule has 2 aliphatic carbocycles. The van der Waals surface area contributed by atoms with Crippen molar-refractivity contribution in [2.24, 2.45) is 5.92 Å². The smallest absolute Gasteiger partial charge is 0.326 e. The number of rotatable bonds is 7. The topological polar surface area (TPSA) is 41.6 Å². The van der Waals surface area contributed by atoms with Gasteiger partial charge in [0, 0.05) is 25.2 Å². The molecule has 4 heteroatoms. The predicted molar refractivity (Wildman–Crippen MR) is 78.5 cm³/mol. The van der Waals surface area contributed by atoms with Gasteiger partial charge in [0.25, 0.3) is 0 Å². The summed E-state index contributed by atoms with van der Waals surface area (Å²) in [5.74, 6) is 0.849. The Bertz CT molecular complexity index is 369. The minimum absolute atomic E-state index is 0.0729. The van der Waals surface area contributed by atoms with Crippen LogP contribution in [0.15, 0.2) is 0 Å². The van der Waals surface area contributed by atoms with Crippen molar-refractivity contribution < 1.29 is 9.53 Å². The van der Waals surface area contributed by atoms with Gasteiger partial charge in [-0.2, -0.15) is 0 Å². The van der Waals surface area contributed by atoms with Crippen molar-refractivity contribution in [1.29, 1.82) is 0 Å². The summed E-state index contributed by atoms with van der Waals surface area (Å²) in [6.07, 6.45) is 7.41. The van der Waals surface area contributed by atoms with Crippen LogP contribution in [0, 0.1) is 5.92 Å². The molecule has 0 radical (unpaired) electrons. The third-order valence-electron chi connectivity index (χ3n) is 5.25. The molecule has 4 nitrogen and oxygen atoms in total. The van der Waals surface area contributed by atoms with E-state index in [1.54, 1.807) is 0 Å². The van der Waals surface area contributed by atoms with Crippen molar-refractivity contribution in [2.75, 3.05) is 19.7 Å².